The molecule has 0 aliphatic heterocycles. The van der Waals surface area contributed by atoms with Crippen molar-refractivity contribution < 1.29 is 0 Å². The molecule has 0 atom stereocenters. The Bertz CT molecular complexity index is 617. The first kappa shape index (κ1) is 17.1. The Morgan fingerprint density at radius 1 is 1.14 bits per heavy atom. The number of thiazole rings is 1. The molecule has 0 fully saturated rings. The number of benzene rings is 1. The number of nitrogens with one attached hydrogen (secondary N) is 1. The molecule has 0 spiro atoms. The molecule has 0 amide bonds. The van der Waals surface area contributed by atoms with Crippen molar-refractivity contribution >= 4 is 11.3 Å². The summed E-state index contributed by atoms with van der Waals surface area (Å²) >= 11 is 1.82. The van der Waals surface area contributed by atoms with Gasteiger partial charge in [-0.25, -0.2) is 4.98 Å². The van der Waals surface area contributed by atoms with Crippen LogP contribution < -0.4 is 5.32 Å². The van der Waals surface area contributed by atoms with Crippen LogP contribution in [0, 0.1) is 20.8 Å². The maximum absolute atomic E-state index is 4.87. The molecule has 3 nitrogen and oxygen atoms in total. The molecule has 2 aromatic rings. The van der Waals surface area contributed by atoms with E-state index < -0.39 is 0 Å². The minimum Gasteiger partial charge on any atom is -0.315 e. The molecule has 0 radical (unpaired) electrons. The smallest absolute Gasteiger partial charge is 0.0948 e. The van der Waals surface area contributed by atoms with Crippen molar-refractivity contribution in [2.45, 2.75) is 27.2 Å². The van der Waals surface area contributed by atoms with Crippen molar-refractivity contribution in [2.75, 3.05) is 33.7 Å². The molecule has 0 bridgehead atoms. The van der Waals surface area contributed by atoms with Gasteiger partial charge in [0.1, 0.15) is 0 Å². The highest BCUT2D eigenvalue weighted by Gasteiger charge is 2.11. The maximum atomic E-state index is 4.87. The Kier molecular flexibility index (Phi) is 6.12. The van der Waals surface area contributed by atoms with Gasteiger partial charge in [0.25, 0.3) is 0 Å². The van der Waals surface area contributed by atoms with E-state index in [2.05, 4.69) is 63.3 Å². The van der Waals surface area contributed by atoms with E-state index in [0.29, 0.717) is 0 Å². The van der Waals surface area contributed by atoms with E-state index in [1.807, 2.05) is 11.3 Å². The Hall–Kier alpha value is -1.23. The van der Waals surface area contributed by atoms with Crippen LogP contribution in [-0.2, 0) is 6.42 Å². The quantitative estimate of drug-likeness (QED) is 0.793. The lowest BCUT2D eigenvalue weighted by atomic mass is 10.0. The predicted octanol–water partition coefficient (Wildman–Crippen LogP) is 3.43. The summed E-state index contributed by atoms with van der Waals surface area (Å²) in [5.41, 5.74) is 5.04. The second-order valence-corrected chi connectivity index (χ2v) is 7.42. The van der Waals surface area contributed by atoms with Crippen LogP contribution in [0.3, 0.4) is 0 Å². The largest absolute Gasteiger partial charge is 0.315 e. The van der Waals surface area contributed by atoms with Gasteiger partial charge in [-0.1, -0.05) is 23.8 Å². The van der Waals surface area contributed by atoms with Crippen molar-refractivity contribution in [3.63, 3.8) is 0 Å². The van der Waals surface area contributed by atoms with Gasteiger partial charge >= 0.3 is 0 Å². The SMILES string of the molecule is Cc1ccc(-c2nc(CCNCCN(C)C)sc2C)c(C)c1. The molecule has 0 saturated heterocycles. The van der Waals surface area contributed by atoms with Crippen LogP contribution in [0.1, 0.15) is 21.0 Å². The summed E-state index contributed by atoms with van der Waals surface area (Å²) in [7, 11) is 4.20. The van der Waals surface area contributed by atoms with Crippen molar-refractivity contribution in [1.82, 2.24) is 15.2 Å². The Balaban J connectivity index is 1.99. The fourth-order valence-electron chi connectivity index (χ4n) is 2.51. The number of rotatable bonds is 7. The summed E-state index contributed by atoms with van der Waals surface area (Å²) in [6.45, 7) is 9.58. The van der Waals surface area contributed by atoms with Crippen molar-refractivity contribution in [3.05, 3.63) is 39.2 Å². The second-order valence-electron chi connectivity index (χ2n) is 6.13. The summed E-state index contributed by atoms with van der Waals surface area (Å²) in [6, 6.07) is 6.60. The van der Waals surface area contributed by atoms with Gasteiger partial charge in [-0.3, -0.25) is 0 Å². The topological polar surface area (TPSA) is 28.2 Å². The minimum absolute atomic E-state index is 0.993. The Morgan fingerprint density at radius 2 is 1.91 bits per heavy atom. The van der Waals surface area contributed by atoms with E-state index in [1.165, 1.54) is 26.6 Å². The molecule has 22 heavy (non-hydrogen) atoms. The van der Waals surface area contributed by atoms with Crippen LogP contribution in [0.5, 0.6) is 0 Å². The van der Waals surface area contributed by atoms with E-state index in [0.717, 1.165) is 31.7 Å². The van der Waals surface area contributed by atoms with Crippen LogP contribution >= 0.6 is 11.3 Å². The molecule has 0 aliphatic rings. The summed E-state index contributed by atoms with van der Waals surface area (Å²) in [5.74, 6) is 0. The predicted molar refractivity (Wildman–Crippen MR) is 96.9 cm³/mol. The minimum atomic E-state index is 0.993. The number of nitrogens with zero attached hydrogens (tertiary/aromatic N) is 2. The molecule has 1 aromatic carbocycles. The molecule has 2 rings (SSSR count). The summed E-state index contributed by atoms with van der Waals surface area (Å²) < 4.78 is 0. The van der Waals surface area contributed by atoms with E-state index in [9.17, 15) is 0 Å². The zero-order valence-electron chi connectivity index (χ0n) is 14.4. The van der Waals surface area contributed by atoms with Crippen molar-refractivity contribution in [2.24, 2.45) is 0 Å². The highest BCUT2D eigenvalue weighted by atomic mass is 32.1. The normalized spacial score (nSPS) is 11.4. The first-order valence-electron chi connectivity index (χ1n) is 7.86. The molecular weight excluding hydrogens is 290 g/mol. The van der Waals surface area contributed by atoms with Crippen LogP contribution in [0.2, 0.25) is 0 Å². The van der Waals surface area contributed by atoms with Crippen LogP contribution in [-0.4, -0.2) is 43.6 Å². The number of aromatic nitrogens is 1. The monoisotopic (exact) mass is 317 g/mol. The van der Waals surface area contributed by atoms with E-state index in [-0.39, 0.29) is 0 Å². The lowest BCUT2D eigenvalue weighted by Gasteiger charge is -2.09. The highest BCUT2D eigenvalue weighted by Crippen LogP contribution is 2.30. The second kappa shape index (κ2) is 7.86. The average molecular weight is 318 g/mol. The fourth-order valence-corrected chi connectivity index (χ4v) is 3.46. The van der Waals surface area contributed by atoms with Gasteiger partial charge in [0.2, 0.25) is 0 Å². The van der Waals surface area contributed by atoms with E-state index in [1.54, 1.807) is 0 Å². The van der Waals surface area contributed by atoms with Gasteiger partial charge in [0, 0.05) is 36.5 Å². The van der Waals surface area contributed by atoms with Gasteiger partial charge in [0.15, 0.2) is 0 Å². The summed E-state index contributed by atoms with van der Waals surface area (Å²) in [4.78, 5) is 8.38. The third kappa shape index (κ3) is 4.63. The maximum Gasteiger partial charge on any atom is 0.0948 e. The first-order chi connectivity index (χ1) is 10.5. The summed E-state index contributed by atoms with van der Waals surface area (Å²) in [5, 5.41) is 4.70. The van der Waals surface area contributed by atoms with Gasteiger partial charge in [-0.2, -0.15) is 0 Å². The lowest BCUT2D eigenvalue weighted by molar-refractivity contribution is 0.401. The first-order valence-corrected chi connectivity index (χ1v) is 8.68. The van der Waals surface area contributed by atoms with Gasteiger partial charge in [-0.05, 0) is 40.4 Å². The number of aryl methyl sites for hydroxylation is 3. The molecule has 0 aliphatic carbocycles. The standard InChI is InChI=1S/C18H27N3S/c1-13-6-7-16(14(2)12-13)18-15(3)22-17(20-18)8-9-19-10-11-21(4)5/h6-7,12,19H,8-11H2,1-5H3. The van der Waals surface area contributed by atoms with Gasteiger partial charge in [-0.15, -0.1) is 11.3 Å². The third-order valence-corrected chi connectivity index (χ3v) is 4.76. The average Bonchev–Trinajstić information content (AvgIpc) is 2.79. The number of likely N-dealkylation sites (N-methyl/N-ethyl adjacent to an activating group) is 1. The Morgan fingerprint density at radius 3 is 2.59 bits per heavy atom. The zero-order valence-corrected chi connectivity index (χ0v) is 15.2. The van der Waals surface area contributed by atoms with Crippen molar-refractivity contribution in [3.8, 4) is 11.3 Å². The van der Waals surface area contributed by atoms with Crippen LogP contribution in [0.4, 0.5) is 0 Å². The molecule has 120 valence electrons. The number of hydrogen-bond donors (Lipinski definition) is 1. The summed E-state index contributed by atoms with van der Waals surface area (Å²) in [6.07, 6.45) is 1.00. The van der Waals surface area contributed by atoms with Gasteiger partial charge in [0.05, 0.1) is 10.7 Å². The molecule has 0 saturated carbocycles. The van der Waals surface area contributed by atoms with E-state index in [4.69, 9.17) is 4.98 Å². The van der Waals surface area contributed by atoms with Crippen LogP contribution in [0.25, 0.3) is 11.3 Å². The molecule has 4 heteroatoms. The molecule has 0 unspecified atom stereocenters. The zero-order chi connectivity index (χ0) is 16.1. The molecule has 1 heterocycles. The van der Waals surface area contributed by atoms with Gasteiger partial charge < -0.3 is 10.2 Å². The third-order valence-electron chi connectivity index (χ3n) is 3.73. The number of hydrogen-bond acceptors (Lipinski definition) is 4. The van der Waals surface area contributed by atoms with Crippen LogP contribution in [0.15, 0.2) is 18.2 Å². The molecule has 1 N–H and O–H groups in total. The van der Waals surface area contributed by atoms with E-state index >= 15 is 0 Å². The van der Waals surface area contributed by atoms with Crippen molar-refractivity contribution in [1.29, 1.82) is 0 Å². The lowest BCUT2D eigenvalue weighted by Crippen LogP contribution is -2.27. The highest BCUT2D eigenvalue weighted by molar-refractivity contribution is 7.12. The fraction of sp³-hybridized carbons (Fsp3) is 0.500. The molecular formula is C18H27N3S. The Labute approximate surface area is 138 Å². The molecule has 1 aromatic heterocycles.